The number of pyridine rings is 1. The molecule has 0 aliphatic heterocycles. The maximum absolute atomic E-state index is 12.5. The van der Waals surface area contributed by atoms with Gasteiger partial charge in [0.2, 0.25) is 0 Å². The van der Waals surface area contributed by atoms with Gasteiger partial charge in [-0.05, 0) is 24.6 Å². The fourth-order valence-corrected chi connectivity index (χ4v) is 2.25. The molecule has 0 radical (unpaired) electrons. The summed E-state index contributed by atoms with van der Waals surface area (Å²) in [5.41, 5.74) is -0.0143. The molecule has 0 saturated heterocycles. The van der Waals surface area contributed by atoms with Gasteiger partial charge in [0.25, 0.3) is 0 Å². The average molecular weight is 274 g/mol. The number of alkyl halides is 3. The first-order valence-electron chi connectivity index (χ1n) is 6.70. The lowest BCUT2D eigenvalue weighted by atomic mass is 9.91. The third kappa shape index (κ3) is 4.20. The third-order valence-electron chi connectivity index (χ3n) is 3.38. The Bertz CT molecular complexity index is 369. The molecule has 1 rings (SSSR count). The zero-order valence-electron chi connectivity index (χ0n) is 11.6. The Morgan fingerprint density at radius 2 is 1.79 bits per heavy atom. The van der Waals surface area contributed by atoms with E-state index in [9.17, 15) is 13.2 Å². The normalized spacial score (nSPS) is 13.8. The fraction of sp³-hybridized carbons (Fsp3) is 0.643. The van der Waals surface area contributed by atoms with Crippen molar-refractivity contribution in [2.24, 2.45) is 5.92 Å². The molecule has 0 fully saturated rings. The lowest BCUT2D eigenvalue weighted by molar-refractivity contribution is -0.137. The molecule has 1 heterocycles. The number of halogens is 3. The molecule has 0 aliphatic carbocycles. The highest BCUT2D eigenvalue weighted by molar-refractivity contribution is 5.19. The van der Waals surface area contributed by atoms with Crippen LogP contribution in [0.15, 0.2) is 18.3 Å². The van der Waals surface area contributed by atoms with Crippen LogP contribution < -0.4 is 5.32 Å². The summed E-state index contributed by atoms with van der Waals surface area (Å²) in [7, 11) is 0. The van der Waals surface area contributed by atoms with E-state index in [1.165, 1.54) is 6.07 Å². The molecule has 0 amide bonds. The Balaban J connectivity index is 2.97. The Kier molecular flexibility index (Phi) is 5.79. The monoisotopic (exact) mass is 274 g/mol. The highest BCUT2D eigenvalue weighted by Crippen LogP contribution is 2.31. The zero-order valence-corrected chi connectivity index (χ0v) is 11.6. The van der Waals surface area contributed by atoms with Crippen molar-refractivity contribution in [3.63, 3.8) is 0 Å². The molecule has 1 unspecified atom stereocenters. The summed E-state index contributed by atoms with van der Waals surface area (Å²) >= 11 is 0. The highest BCUT2D eigenvalue weighted by atomic mass is 19.4. The zero-order chi connectivity index (χ0) is 14.5. The Labute approximate surface area is 112 Å². The molecule has 0 saturated carbocycles. The van der Waals surface area contributed by atoms with Gasteiger partial charge in [0.1, 0.15) is 0 Å². The quantitative estimate of drug-likeness (QED) is 0.841. The summed E-state index contributed by atoms with van der Waals surface area (Å²) in [6.07, 6.45) is -1.47. The van der Waals surface area contributed by atoms with Gasteiger partial charge in [0.05, 0.1) is 17.3 Å². The Hall–Kier alpha value is -1.10. The molecule has 1 aromatic heterocycles. The second-order valence-corrected chi connectivity index (χ2v) is 4.58. The van der Waals surface area contributed by atoms with Gasteiger partial charge in [0.15, 0.2) is 0 Å². The maximum atomic E-state index is 12.5. The molecule has 2 nitrogen and oxygen atoms in total. The van der Waals surface area contributed by atoms with E-state index < -0.39 is 11.7 Å². The number of hydrogen-bond acceptors (Lipinski definition) is 2. The predicted molar refractivity (Wildman–Crippen MR) is 69.7 cm³/mol. The molecule has 0 bridgehead atoms. The smallest absolute Gasteiger partial charge is 0.309 e. The molecule has 0 spiro atoms. The highest BCUT2D eigenvalue weighted by Gasteiger charge is 2.31. The summed E-state index contributed by atoms with van der Waals surface area (Å²) in [5, 5.41) is 3.32. The van der Waals surface area contributed by atoms with Gasteiger partial charge in [-0.2, -0.15) is 13.2 Å². The Morgan fingerprint density at radius 1 is 1.16 bits per heavy atom. The van der Waals surface area contributed by atoms with Crippen molar-refractivity contribution in [2.45, 2.75) is 45.8 Å². The second kappa shape index (κ2) is 6.89. The number of nitrogens with one attached hydrogen (secondary N) is 1. The lowest BCUT2D eigenvalue weighted by Gasteiger charge is -2.25. The van der Waals surface area contributed by atoms with Crippen LogP contribution in [-0.4, -0.2) is 11.5 Å². The molecule has 108 valence electrons. The number of nitrogens with zero attached hydrogens (tertiary/aromatic N) is 1. The van der Waals surface area contributed by atoms with Crippen LogP contribution in [0.4, 0.5) is 13.2 Å². The van der Waals surface area contributed by atoms with E-state index in [4.69, 9.17) is 0 Å². The lowest BCUT2D eigenvalue weighted by Crippen LogP contribution is -2.28. The molecule has 1 aromatic rings. The molecule has 0 aromatic carbocycles. The van der Waals surface area contributed by atoms with Crippen molar-refractivity contribution in [3.05, 3.63) is 29.6 Å². The maximum Gasteiger partial charge on any atom is 0.417 e. The first-order chi connectivity index (χ1) is 8.93. The van der Waals surface area contributed by atoms with Gasteiger partial charge in [-0.1, -0.05) is 33.6 Å². The largest absolute Gasteiger partial charge is 0.417 e. The minimum absolute atomic E-state index is 0.0160. The van der Waals surface area contributed by atoms with Crippen LogP contribution >= 0.6 is 0 Å². The SMILES string of the molecule is CCNC(c1ccc(C(F)(F)F)cn1)C(CC)CC. The van der Waals surface area contributed by atoms with Crippen molar-refractivity contribution in [3.8, 4) is 0 Å². The van der Waals surface area contributed by atoms with Crippen LogP contribution in [0.5, 0.6) is 0 Å². The van der Waals surface area contributed by atoms with Gasteiger partial charge in [-0.3, -0.25) is 4.98 Å². The number of hydrogen-bond donors (Lipinski definition) is 1. The minimum Gasteiger partial charge on any atom is -0.309 e. The second-order valence-electron chi connectivity index (χ2n) is 4.58. The van der Waals surface area contributed by atoms with Crippen LogP contribution in [0.1, 0.15) is 50.9 Å². The van der Waals surface area contributed by atoms with Crippen molar-refractivity contribution in [1.29, 1.82) is 0 Å². The van der Waals surface area contributed by atoms with Crippen molar-refractivity contribution in [2.75, 3.05) is 6.54 Å². The van der Waals surface area contributed by atoms with Gasteiger partial charge < -0.3 is 5.32 Å². The minimum atomic E-state index is -4.33. The van der Waals surface area contributed by atoms with Crippen molar-refractivity contribution in [1.82, 2.24) is 10.3 Å². The van der Waals surface area contributed by atoms with E-state index in [1.54, 1.807) is 0 Å². The van der Waals surface area contributed by atoms with Crippen LogP contribution in [-0.2, 0) is 6.18 Å². The van der Waals surface area contributed by atoms with Gasteiger partial charge in [0, 0.05) is 6.20 Å². The van der Waals surface area contributed by atoms with Crippen LogP contribution in [0.3, 0.4) is 0 Å². The van der Waals surface area contributed by atoms with Crippen LogP contribution in [0, 0.1) is 5.92 Å². The van der Waals surface area contributed by atoms with E-state index in [2.05, 4.69) is 24.1 Å². The van der Waals surface area contributed by atoms with Crippen LogP contribution in [0.2, 0.25) is 0 Å². The van der Waals surface area contributed by atoms with E-state index >= 15 is 0 Å². The summed E-state index contributed by atoms with van der Waals surface area (Å²) in [6, 6.07) is 2.60. The summed E-state index contributed by atoms with van der Waals surface area (Å²) in [4.78, 5) is 4.00. The van der Waals surface area contributed by atoms with E-state index in [0.717, 1.165) is 31.6 Å². The molecule has 0 aliphatic rings. The van der Waals surface area contributed by atoms with Crippen molar-refractivity contribution >= 4 is 0 Å². The van der Waals surface area contributed by atoms with Gasteiger partial charge in [-0.25, -0.2) is 0 Å². The number of rotatable bonds is 6. The predicted octanol–water partition coefficient (Wildman–Crippen LogP) is 4.19. The molecule has 1 N–H and O–H groups in total. The fourth-order valence-electron chi connectivity index (χ4n) is 2.25. The van der Waals surface area contributed by atoms with E-state index in [-0.39, 0.29) is 6.04 Å². The molecule has 1 atom stereocenters. The molecule has 5 heteroatoms. The van der Waals surface area contributed by atoms with Crippen LogP contribution in [0.25, 0.3) is 0 Å². The molecular weight excluding hydrogens is 253 g/mol. The van der Waals surface area contributed by atoms with Crippen molar-refractivity contribution < 1.29 is 13.2 Å². The average Bonchev–Trinajstić information content (AvgIpc) is 2.38. The third-order valence-corrected chi connectivity index (χ3v) is 3.38. The topological polar surface area (TPSA) is 24.9 Å². The summed E-state index contributed by atoms with van der Waals surface area (Å²) < 4.78 is 37.5. The number of aromatic nitrogens is 1. The summed E-state index contributed by atoms with van der Waals surface area (Å²) in [6.45, 7) is 6.93. The first kappa shape index (κ1) is 16.0. The summed E-state index contributed by atoms with van der Waals surface area (Å²) in [5.74, 6) is 0.379. The van der Waals surface area contributed by atoms with Gasteiger partial charge >= 0.3 is 6.18 Å². The first-order valence-corrected chi connectivity index (χ1v) is 6.70. The molecule has 19 heavy (non-hydrogen) atoms. The van der Waals surface area contributed by atoms with E-state index in [1.807, 2.05) is 6.92 Å². The molecular formula is C14H21F3N2. The standard InChI is InChI=1S/C14H21F3N2/c1-4-10(5-2)13(18-6-3)12-8-7-11(9-19-12)14(15,16)17/h7-10,13,18H,4-6H2,1-3H3. The van der Waals surface area contributed by atoms with Gasteiger partial charge in [-0.15, -0.1) is 0 Å². The Morgan fingerprint density at radius 3 is 2.16 bits per heavy atom. The van der Waals surface area contributed by atoms with E-state index in [0.29, 0.717) is 11.6 Å².